The third-order valence-electron chi connectivity index (χ3n) is 7.33. The van der Waals surface area contributed by atoms with Crippen molar-refractivity contribution in [2.45, 2.75) is 26.2 Å². The Balaban J connectivity index is 1.07. The van der Waals surface area contributed by atoms with Crippen LogP contribution < -0.4 is 10.6 Å². The van der Waals surface area contributed by atoms with Crippen molar-refractivity contribution in [2.24, 2.45) is 28.7 Å². The van der Waals surface area contributed by atoms with E-state index in [-0.39, 0.29) is 35.5 Å². The quantitative estimate of drug-likeness (QED) is 0.206. The number of fused-ring (bicyclic) bond motifs is 6. The highest BCUT2D eigenvalue weighted by Crippen LogP contribution is 2.52. The van der Waals surface area contributed by atoms with Crippen molar-refractivity contribution in [1.82, 2.24) is 20.5 Å². The second kappa shape index (κ2) is 8.45. The van der Waals surface area contributed by atoms with E-state index < -0.39 is 0 Å². The Hall–Kier alpha value is -3.09. The predicted molar refractivity (Wildman–Crippen MR) is 125 cm³/mol. The number of rotatable bonds is 7. The highest BCUT2D eigenvalue weighted by atomic mass is 16.2. The minimum absolute atomic E-state index is 0.0356. The van der Waals surface area contributed by atoms with E-state index in [1.807, 2.05) is 6.07 Å². The number of hydrogen-bond acceptors (Lipinski definition) is 3. The van der Waals surface area contributed by atoms with E-state index in [4.69, 9.17) is 0 Å². The van der Waals surface area contributed by atoms with Crippen molar-refractivity contribution < 1.29 is 9.59 Å². The number of guanidine groups is 1. The number of aliphatic imine (C=N–C) groups is 1. The van der Waals surface area contributed by atoms with E-state index in [0.29, 0.717) is 19.5 Å². The molecule has 1 aromatic heterocycles. The van der Waals surface area contributed by atoms with Gasteiger partial charge in [0.2, 0.25) is 11.8 Å². The number of carbonyl (C=O) groups excluding carboxylic acids is 2. The summed E-state index contributed by atoms with van der Waals surface area (Å²) in [6.07, 6.45) is 6.85. The van der Waals surface area contributed by atoms with Crippen molar-refractivity contribution in [3.8, 4) is 0 Å². The number of benzene rings is 1. The van der Waals surface area contributed by atoms with Crippen LogP contribution in [0.1, 0.15) is 24.1 Å². The molecule has 3 aliphatic rings. The average Bonchev–Trinajstić information content (AvgIpc) is 3.54. The summed E-state index contributed by atoms with van der Waals surface area (Å²) in [5, 5.41) is 7.94. The van der Waals surface area contributed by atoms with Gasteiger partial charge >= 0.3 is 0 Å². The zero-order chi connectivity index (χ0) is 22.2. The molecule has 1 aliphatic heterocycles. The number of nitrogens with zero attached hydrogens (tertiary/aromatic N) is 2. The lowest BCUT2D eigenvalue weighted by atomic mass is 9.85. The molecule has 3 N–H and O–H groups in total. The van der Waals surface area contributed by atoms with Crippen molar-refractivity contribution in [2.75, 3.05) is 26.7 Å². The topological polar surface area (TPSA) is 89.6 Å². The predicted octanol–water partition coefficient (Wildman–Crippen LogP) is 2.38. The zero-order valence-corrected chi connectivity index (χ0v) is 18.7. The molecule has 5 rings (SSSR count). The molecule has 2 heterocycles. The Morgan fingerprint density at radius 3 is 2.50 bits per heavy atom. The van der Waals surface area contributed by atoms with Crippen LogP contribution >= 0.6 is 0 Å². The van der Waals surface area contributed by atoms with Gasteiger partial charge in [0.1, 0.15) is 0 Å². The van der Waals surface area contributed by atoms with Crippen molar-refractivity contribution >= 4 is 28.7 Å². The minimum atomic E-state index is -0.104. The van der Waals surface area contributed by atoms with Crippen LogP contribution in [0.4, 0.5) is 0 Å². The van der Waals surface area contributed by atoms with Crippen LogP contribution in [0.5, 0.6) is 0 Å². The molecule has 7 heteroatoms. The maximum atomic E-state index is 12.8. The summed E-state index contributed by atoms with van der Waals surface area (Å²) in [5.74, 6) is 1.14. The van der Waals surface area contributed by atoms with Gasteiger partial charge in [-0.1, -0.05) is 30.4 Å². The third kappa shape index (κ3) is 3.49. The molecule has 32 heavy (non-hydrogen) atoms. The second-order valence-electron chi connectivity index (χ2n) is 9.13. The smallest absolute Gasteiger partial charge is 0.233 e. The summed E-state index contributed by atoms with van der Waals surface area (Å²) in [5.41, 5.74) is 3.69. The maximum Gasteiger partial charge on any atom is 0.233 e. The highest BCUT2D eigenvalue weighted by molar-refractivity contribution is 6.06. The Bertz CT molecular complexity index is 1070. The number of likely N-dealkylation sites (tertiary alicyclic amines) is 1. The van der Waals surface area contributed by atoms with Gasteiger partial charge in [0.05, 0.1) is 11.8 Å². The largest absolute Gasteiger partial charge is 0.358 e. The normalized spacial score (nSPS) is 26.4. The molecule has 7 nitrogen and oxygen atoms in total. The Labute approximate surface area is 188 Å². The van der Waals surface area contributed by atoms with Gasteiger partial charge in [-0.3, -0.25) is 19.5 Å². The Morgan fingerprint density at radius 2 is 1.78 bits per heavy atom. The minimum Gasteiger partial charge on any atom is -0.358 e. The number of nitrogens with one attached hydrogen (secondary N) is 3. The van der Waals surface area contributed by atoms with Crippen molar-refractivity contribution in [1.29, 1.82) is 0 Å². The molecule has 4 atom stereocenters. The van der Waals surface area contributed by atoms with Crippen molar-refractivity contribution in [3.05, 3.63) is 47.7 Å². The molecule has 1 saturated heterocycles. The molecule has 2 aliphatic carbocycles. The number of aryl methyl sites for hydroxylation is 1. The molecule has 0 radical (unpaired) electrons. The fourth-order valence-corrected chi connectivity index (χ4v) is 5.81. The van der Waals surface area contributed by atoms with Gasteiger partial charge in [0, 0.05) is 43.3 Å². The summed E-state index contributed by atoms with van der Waals surface area (Å²) >= 11 is 0. The summed E-state index contributed by atoms with van der Waals surface area (Å²) in [4.78, 5) is 34.8. The first-order valence-electron chi connectivity index (χ1n) is 11.6. The van der Waals surface area contributed by atoms with E-state index in [1.54, 1.807) is 7.05 Å². The number of hydrogen-bond donors (Lipinski definition) is 3. The number of allylic oxidation sites excluding steroid dienone is 2. The number of amides is 2. The summed E-state index contributed by atoms with van der Waals surface area (Å²) < 4.78 is 0. The second-order valence-corrected chi connectivity index (χ2v) is 9.13. The van der Waals surface area contributed by atoms with Crippen LogP contribution in [0, 0.1) is 30.6 Å². The van der Waals surface area contributed by atoms with Gasteiger partial charge in [0.15, 0.2) is 5.96 Å². The first-order chi connectivity index (χ1) is 15.6. The monoisotopic (exact) mass is 433 g/mol. The number of para-hydroxylation sites is 1. The lowest BCUT2D eigenvalue weighted by Crippen LogP contribution is -2.40. The molecule has 2 bridgehead atoms. The van der Waals surface area contributed by atoms with E-state index in [2.05, 4.69) is 57.9 Å². The third-order valence-corrected chi connectivity index (χ3v) is 7.33. The Morgan fingerprint density at radius 1 is 1.09 bits per heavy atom. The molecular formula is C25H31N5O2. The van der Waals surface area contributed by atoms with Gasteiger partial charge in [0.25, 0.3) is 0 Å². The molecule has 0 spiro atoms. The molecule has 1 saturated carbocycles. The lowest BCUT2D eigenvalue weighted by Gasteiger charge is -2.18. The summed E-state index contributed by atoms with van der Waals surface area (Å²) in [6, 6.07) is 8.36. The standard InChI is InChI=1S/C25H31N5O2/c1-15-18(19-6-3-4-7-20(19)29-15)10-12-28-25(26-2)27-11-5-13-30-23(31)21-16-8-9-17(14-16)22(21)24(30)32/h3-4,6-9,16-17,21-22,29H,5,10-14H2,1-2H3,(H2,26,27,28). The summed E-state index contributed by atoms with van der Waals surface area (Å²) in [6.45, 7) is 4.01. The van der Waals surface area contributed by atoms with Crippen molar-refractivity contribution in [3.63, 3.8) is 0 Å². The number of carbonyl (C=O) groups is 2. The van der Waals surface area contributed by atoms with Crippen LogP contribution in [0.2, 0.25) is 0 Å². The SMILES string of the molecule is CN=C(NCCCN1C(=O)C2C3C=CC(C3)C2C1=O)NCCc1c(C)[nH]c2ccccc12. The van der Waals surface area contributed by atoms with Crippen LogP contribution in [-0.2, 0) is 16.0 Å². The lowest BCUT2D eigenvalue weighted by molar-refractivity contribution is -0.140. The maximum absolute atomic E-state index is 12.8. The Kier molecular flexibility index (Phi) is 5.49. The number of H-pyrrole nitrogens is 1. The molecule has 1 aromatic carbocycles. The van der Waals surface area contributed by atoms with Crippen LogP contribution in [-0.4, -0.2) is 54.3 Å². The zero-order valence-electron chi connectivity index (χ0n) is 18.7. The first kappa shape index (κ1) is 20.8. The van der Waals surface area contributed by atoms with Gasteiger partial charge in [-0.05, 0) is 49.7 Å². The van der Waals surface area contributed by atoms with Gasteiger partial charge < -0.3 is 15.6 Å². The molecule has 2 amide bonds. The van der Waals surface area contributed by atoms with Gasteiger partial charge in [-0.15, -0.1) is 0 Å². The highest BCUT2D eigenvalue weighted by Gasteiger charge is 2.58. The van der Waals surface area contributed by atoms with Gasteiger partial charge in [-0.25, -0.2) is 0 Å². The number of imide groups is 1. The summed E-state index contributed by atoms with van der Waals surface area (Å²) in [7, 11) is 1.75. The number of aromatic amines is 1. The van der Waals surface area contributed by atoms with Crippen LogP contribution in [0.3, 0.4) is 0 Å². The molecule has 2 fully saturated rings. The van der Waals surface area contributed by atoms with E-state index >= 15 is 0 Å². The molecule has 4 unspecified atom stereocenters. The molecule has 168 valence electrons. The van der Waals surface area contributed by atoms with E-state index in [9.17, 15) is 9.59 Å². The molecule has 2 aromatic rings. The van der Waals surface area contributed by atoms with E-state index in [0.717, 1.165) is 25.3 Å². The van der Waals surface area contributed by atoms with E-state index in [1.165, 1.54) is 27.1 Å². The first-order valence-corrected chi connectivity index (χ1v) is 11.6. The number of aromatic nitrogens is 1. The van der Waals surface area contributed by atoms with Gasteiger partial charge in [-0.2, -0.15) is 0 Å². The fourth-order valence-electron chi connectivity index (χ4n) is 5.81. The molecular weight excluding hydrogens is 402 g/mol. The van der Waals surface area contributed by atoms with Crippen LogP contribution in [0.25, 0.3) is 10.9 Å². The fraction of sp³-hybridized carbons (Fsp3) is 0.480. The van der Waals surface area contributed by atoms with Crippen LogP contribution in [0.15, 0.2) is 41.4 Å². The average molecular weight is 434 g/mol.